The Labute approximate surface area is 201 Å². The number of rotatable bonds is 9. The molecule has 2 amide bonds. The molecule has 0 bridgehead atoms. The molecule has 1 saturated heterocycles. The standard InChI is InChI=1S/C24H27N5O4S/c1-2-21(31)25-17-5-3-6-18(13-17)26-22(32)15-34-24-28-27-23(16-8-10-19(30)11-9-16)29(24)14-20-7-4-12-33-20/h3,5-6,8-11,13,20,30H,2,4,7,12,14-15H2,1H3,(H,25,31)(H,26,32). The van der Waals surface area contributed by atoms with Crippen LogP contribution < -0.4 is 10.6 Å². The molecule has 10 heteroatoms. The molecule has 0 spiro atoms. The fourth-order valence-corrected chi connectivity index (χ4v) is 4.38. The lowest BCUT2D eigenvalue weighted by atomic mass is 10.2. The number of benzene rings is 2. The minimum Gasteiger partial charge on any atom is -0.508 e. The lowest BCUT2D eigenvalue weighted by molar-refractivity contribution is -0.116. The van der Waals surface area contributed by atoms with Crippen molar-refractivity contribution in [2.24, 2.45) is 0 Å². The van der Waals surface area contributed by atoms with E-state index in [9.17, 15) is 14.7 Å². The van der Waals surface area contributed by atoms with Gasteiger partial charge in [-0.1, -0.05) is 24.8 Å². The van der Waals surface area contributed by atoms with E-state index in [0.29, 0.717) is 35.3 Å². The maximum atomic E-state index is 12.6. The van der Waals surface area contributed by atoms with Crippen molar-refractivity contribution >= 4 is 35.0 Å². The Kier molecular flexibility index (Phi) is 7.81. The van der Waals surface area contributed by atoms with Gasteiger partial charge >= 0.3 is 0 Å². The molecule has 0 radical (unpaired) electrons. The van der Waals surface area contributed by atoms with E-state index in [2.05, 4.69) is 20.8 Å². The monoisotopic (exact) mass is 481 g/mol. The first kappa shape index (κ1) is 23.8. The second kappa shape index (κ2) is 11.2. The van der Waals surface area contributed by atoms with Gasteiger partial charge in [0, 0.05) is 30.0 Å². The Hall–Kier alpha value is -3.37. The molecule has 1 unspecified atom stereocenters. The summed E-state index contributed by atoms with van der Waals surface area (Å²) in [6.45, 7) is 3.11. The van der Waals surface area contributed by atoms with E-state index in [0.717, 1.165) is 25.0 Å². The van der Waals surface area contributed by atoms with E-state index < -0.39 is 0 Å². The summed E-state index contributed by atoms with van der Waals surface area (Å²) in [7, 11) is 0. The number of aromatic nitrogens is 3. The van der Waals surface area contributed by atoms with Crippen LogP contribution in [0.4, 0.5) is 11.4 Å². The highest BCUT2D eigenvalue weighted by atomic mass is 32.2. The highest BCUT2D eigenvalue weighted by Crippen LogP contribution is 2.28. The van der Waals surface area contributed by atoms with Gasteiger partial charge in [-0.2, -0.15) is 0 Å². The van der Waals surface area contributed by atoms with Crippen molar-refractivity contribution in [3.63, 3.8) is 0 Å². The number of thioether (sulfide) groups is 1. The Morgan fingerprint density at radius 2 is 1.85 bits per heavy atom. The normalized spacial score (nSPS) is 15.3. The summed E-state index contributed by atoms with van der Waals surface area (Å²) >= 11 is 1.30. The number of amides is 2. The Balaban J connectivity index is 1.44. The van der Waals surface area contributed by atoms with E-state index in [4.69, 9.17) is 4.74 Å². The molecule has 9 nitrogen and oxygen atoms in total. The van der Waals surface area contributed by atoms with Crippen LogP contribution in [0, 0.1) is 0 Å². The van der Waals surface area contributed by atoms with Crippen molar-refractivity contribution in [2.45, 2.75) is 44.0 Å². The number of nitrogens with zero attached hydrogens (tertiary/aromatic N) is 3. The minimum atomic E-state index is -0.193. The predicted octanol–water partition coefficient (Wildman–Crippen LogP) is 3.91. The number of phenols is 1. The van der Waals surface area contributed by atoms with Crippen LogP contribution in [-0.4, -0.2) is 50.1 Å². The molecule has 34 heavy (non-hydrogen) atoms. The van der Waals surface area contributed by atoms with Crippen LogP contribution in [0.3, 0.4) is 0 Å². The number of nitrogens with one attached hydrogen (secondary N) is 2. The Bertz CT molecular complexity index is 1140. The van der Waals surface area contributed by atoms with Crippen LogP contribution in [0.1, 0.15) is 26.2 Å². The van der Waals surface area contributed by atoms with Crippen LogP contribution in [0.15, 0.2) is 53.7 Å². The number of hydrogen-bond acceptors (Lipinski definition) is 7. The molecule has 1 aromatic heterocycles. The highest BCUT2D eigenvalue weighted by molar-refractivity contribution is 7.99. The van der Waals surface area contributed by atoms with Gasteiger partial charge in [0.25, 0.3) is 0 Å². The lowest BCUT2D eigenvalue weighted by Gasteiger charge is -2.15. The Morgan fingerprint density at radius 1 is 1.12 bits per heavy atom. The molecule has 3 N–H and O–H groups in total. The molecule has 4 rings (SSSR count). The third-order valence-electron chi connectivity index (χ3n) is 5.34. The summed E-state index contributed by atoms with van der Waals surface area (Å²) in [4.78, 5) is 24.2. The van der Waals surface area contributed by atoms with Crippen molar-refractivity contribution in [2.75, 3.05) is 23.0 Å². The zero-order valence-electron chi connectivity index (χ0n) is 18.9. The summed E-state index contributed by atoms with van der Waals surface area (Å²) in [5.41, 5.74) is 2.06. The summed E-state index contributed by atoms with van der Waals surface area (Å²) in [6.07, 6.45) is 2.43. The molecule has 2 aromatic carbocycles. The van der Waals surface area contributed by atoms with E-state index in [1.54, 1.807) is 55.5 Å². The SMILES string of the molecule is CCC(=O)Nc1cccc(NC(=O)CSc2nnc(-c3ccc(O)cc3)n2CC2CCCO2)c1. The fourth-order valence-electron chi connectivity index (χ4n) is 3.63. The molecule has 1 atom stereocenters. The van der Waals surface area contributed by atoms with Crippen molar-refractivity contribution in [3.8, 4) is 17.1 Å². The van der Waals surface area contributed by atoms with Gasteiger partial charge in [-0.25, -0.2) is 0 Å². The molecular weight excluding hydrogens is 454 g/mol. The number of ether oxygens (including phenoxy) is 1. The van der Waals surface area contributed by atoms with Gasteiger partial charge in [0.2, 0.25) is 11.8 Å². The molecular formula is C24H27N5O4S. The van der Waals surface area contributed by atoms with E-state index in [-0.39, 0.29) is 29.4 Å². The number of carbonyl (C=O) groups excluding carboxylic acids is 2. The molecule has 1 aliphatic heterocycles. The lowest BCUT2D eigenvalue weighted by Crippen LogP contribution is -2.18. The van der Waals surface area contributed by atoms with Crippen LogP contribution in [-0.2, 0) is 20.9 Å². The number of aromatic hydroxyl groups is 1. The van der Waals surface area contributed by atoms with Crippen molar-refractivity contribution < 1.29 is 19.4 Å². The van der Waals surface area contributed by atoms with Gasteiger partial charge in [0.1, 0.15) is 5.75 Å². The molecule has 1 fully saturated rings. The van der Waals surface area contributed by atoms with Gasteiger partial charge in [-0.15, -0.1) is 10.2 Å². The second-order valence-electron chi connectivity index (χ2n) is 7.92. The van der Waals surface area contributed by atoms with Crippen molar-refractivity contribution in [1.29, 1.82) is 0 Å². The van der Waals surface area contributed by atoms with Crippen LogP contribution in [0.25, 0.3) is 11.4 Å². The topological polar surface area (TPSA) is 118 Å². The van der Waals surface area contributed by atoms with Gasteiger partial charge in [0.05, 0.1) is 18.4 Å². The van der Waals surface area contributed by atoms with Gasteiger partial charge in [0.15, 0.2) is 11.0 Å². The zero-order valence-corrected chi connectivity index (χ0v) is 19.7. The van der Waals surface area contributed by atoms with Gasteiger partial charge in [-0.3, -0.25) is 14.2 Å². The first-order valence-electron chi connectivity index (χ1n) is 11.2. The van der Waals surface area contributed by atoms with Gasteiger partial charge < -0.3 is 20.5 Å². The molecule has 178 valence electrons. The van der Waals surface area contributed by atoms with Crippen LogP contribution >= 0.6 is 11.8 Å². The maximum Gasteiger partial charge on any atom is 0.234 e. The number of carbonyl (C=O) groups is 2. The molecule has 0 saturated carbocycles. The van der Waals surface area contributed by atoms with Crippen LogP contribution in [0.2, 0.25) is 0 Å². The average Bonchev–Trinajstić information content (AvgIpc) is 3.49. The predicted molar refractivity (Wildman–Crippen MR) is 131 cm³/mol. The maximum absolute atomic E-state index is 12.6. The van der Waals surface area contributed by atoms with Crippen molar-refractivity contribution in [1.82, 2.24) is 14.8 Å². The largest absolute Gasteiger partial charge is 0.508 e. The minimum absolute atomic E-state index is 0.0705. The number of hydrogen-bond donors (Lipinski definition) is 3. The molecule has 2 heterocycles. The first-order valence-corrected chi connectivity index (χ1v) is 12.2. The number of anilines is 2. The quantitative estimate of drug-likeness (QED) is 0.397. The third kappa shape index (κ3) is 6.15. The third-order valence-corrected chi connectivity index (χ3v) is 6.30. The Morgan fingerprint density at radius 3 is 2.53 bits per heavy atom. The smallest absolute Gasteiger partial charge is 0.234 e. The van der Waals surface area contributed by atoms with E-state index in [1.807, 2.05) is 4.57 Å². The molecule has 0 aliphatic carbocycles. The average molecular weight is 482 g/mol. The first-order chi connectivity index (χ1) is 16.5. The van der Waals surface area contributed by atoms with Crippen LogP contribution in [0.5, 0.6) is 5.75 Å². The molecule has 1 aliphatic rings. The summed E-state index contributed by atoms with van der Waals surface area (Å²) in [6, 6.07) is 13.8. The summed E-state index contributed by atoms with van der Waals surface area (Å²) in [5.74, 6) is 0.706. The summed E-state index contributed by atoms with van der Waals surface area (Å²) < 4.78 is 7.78. The van der Waals surface area contributed by atoms with E-state index in [1.165, 1.54) is 11.8 Å². The van der Waals surface area contributed by atoms with Gasteiger partial charge in [-0.05, 0) is 55.3 Å². The summed E-state index contributed by atoms with van der Waals surface area (Å²) in [5, 5.41) is 24.6. The molecule has 3 aromatic rings. The zero-order chi connectivity index (χ0) is 23.9. The highest BCUT2D eigenvalue weighted by Gasteiger charge is 2.22. The van der Waals surface area contributed by atoms with E-state index >= 15 is 0 Å². The fraction of sp³-hybridized carbons (Fsp3) is 0.333. The van der Waals surface area contributed by atoms with Crippen molar-refractivity contribution in [3.05, 3.63) is 48.5 Å². The second-order valence-corrected chi connectivity index (χ2v) is 8.86. The number of phenolic OH excluding ortho intramolecular Hbond substituents is 1.